The molecule has 0 aliphatic rings. The number of carbonyl (C=O) groups excluding carboxylic acids is 1. The zero-order valence-electron chi connectivity index (χ0n) is 15.7. The summed E-state index contributed by atoms with van der Waals surface area (Å²) in [6, 6.07) is 16.2. The van der Waals surface area contributed by atoms with Crippen molar-refractivity contribution in [2.45, 2.75) is 6.92 Å². The van der Waals surface area contributed by atoms with Crippen LogP contribution in [0.3, 0.4) is 0 Å². The molecule has 0 bridgehead atoms. The lowest BCUT2D eigenvalue weighted by Crippen LogP contribution is -2.34. The van der Waals surface area contributed by atoms with E-state index in [0.29, 0.717) is 21.7 Å². The van der Waals surface area contributed by atoms with E-state index in [9.17, 15) is 9.18 Å². The molecule has 0 aliphatic heterocycles. The Morgan fingerprint density at radius 2 is 1.77 bits per heavy atom. The fourth-order valence-corrected chi connectivity index (χ4v) is 3.18. The van der Waals surface area contributed by atoms with Gasteiger partial charge in [0, 0.05) is 16.3 Å². The van der Waals surface area contributed by atoms with Crippen molar-refractivity contribution >= 4 is 51.6 Å². The minimum absolute atomic E-state index is 0.0943. The van der Waals surface area contributed by atoms with Crippen molar-refractivity contribution in [3.63, 3.8) is 0 Å². The zero-order chi connectivity index (χ0) is 21.3. The summed E-state index contributed by atoms with van der Waals surface area (Å²) in [5.41, 5.74) is 3.86. The molecule has 0 atom stereocenters. The van der Waals surface area contributed by atoms with Gasteiger partial charge in [0.1, 0.15) is 16.9 Å². The van der Waals surface area contributed by atoms with Crippen LogP contribution in [0.25, 0.3) is 16.7 Å². The second kappa shape index (κ2) is 8.17. The Balaban J connectivity index is 1.53. The highest BCUT2D eigenvalue weighted by Crippen LogP contribution is 2.22. The van der Waals surface area contributed by atoms with Gasteiger partial charge in [0.2, 0.25) is 0 Å². The number of aryl methyl sites for hydroxylation is 1. The summed E-state index contributed by atoms with van der Waals surface area (Å²) in [6.45, 7) is 1.89. The van der Waals surface area contributed by atoms with E-state index in [1.165, 1.54) is 23.0 Å². The smallest absolute Gasteiger partial charge is 0.257 e. The molecule has 0 radical (unpaired) electrons. The predicted octanol–water partition coefficient (Wildman–Crippen LogP) is 4.65. The summed E-state index contributed by atoms with van der Waals surface area (Å²) < 4.78 is 13.3. The van der Waals surface area contributed by atoms with Crippen molar-refractivity contribution in [2.75, 3.05) is 5.32 Å². The van der Waals surface area contributed by atoms with Crippen molar-refractivity contribution in [1.82, 2.24) is 20.3 Å². The monoisotopic (exact) mass is 439 g/mol. The number of halogens is 2. The van der Waals surface area contributed by atoms with Gasteiger partial charge in [-0.2, -0.15) is 4.80 Å². The van der Waals surface area contributed by atoms with E-state index in [1.807, 2.05) is 25.1 Å². The summed E-state index contributed by atoms with van der Waals surface area (Å²) in [4.78, 5) is 13.8. The van der Waals surface area contributed by atoms with Gasteiger partial charge in [0.15, 0.2) is 5.11 Å². The molecule has 0 fully saturated rings. The Kier molecular flexibility index (Phi) is 5.43. The van der Waals surface area contributed by atoms with E-state index >= 15 is 0 Å². The molecule has 1 amide bonds. The summed E-state index contributed by atoms with van der Waals surface area (Å²) in [7, 11) is 0. The van der Waals surface area contributed by atoms with Crippen LogP contribution in [0.15, 0.2) is 60.7 Å². The maximum atomic E-state index is 13.3. The van der Waals surface area contributed by atoms with Crippen LogP contribution in [0.4, 0.5) is 10.1 Å². The number of benzene rings is 3. The van der Waals surface area contributed by atoms with Crippen LogP contribution >= 0.6 is 23.8 Å². The van der Waals surface area contributed by atoms with Crippen LogP contribution in [0.2, 0.25) is 5.02 Å². The molecule has 3 aromatic carbocycles. The Morgan fingerprint density at radius 1 is 1.07 bits per heavy atom. The summed E-state index contributed by atoms with van der Waals surface area (Å²) in [6.07, 6.45) is 0. The first-order chi connectivity index (χ1) is 14.4. The van der Waals surface area contributed by atoms with Gasteiger partial charge in [-0.3, -0.25) is 10.1 Å². The van der Waals surface area contributed by atoms with Crippen LogP contribution in [0.5, 0.6) is 0 Å². The summed E-state index contributed by atoms with van der Waals surface area (Å²) in [5, 5.41) is 15.2. The molecule has 9 heteroatoms. The molecule has 30 heavy (non-hydrogen) atoms. The van der Waals surface area contributed by atoms with Gasteiger partial charge in [0.25, 0.3) is 5.91 Å². The van der Waals surface area contributed by atoms with E-state index < -0.39 is 11.7 Å². The number of hydrogen-bond acceptors (Lipinski definition) is 4. The molecule has 0 aliphatic carbocycles. The number of carbonyl (C=O) groups is 1. The first-order valence-corrected chi connectivity index (χ1v) is 9.69. The maximum absolute atomic E-state index is 13.3. The van der Waals surface area contributed by atoms with Crippen molar-refractivity contribution in [3.05, 3.63) is 82.6 Å². The van der Waals surface area contributed by atoms with Gasteiger partial charge < -0.3 is 5.32 Å². The number of nitrogens with one attached hydrogen (secondary N) is 2. The number of aromatic nitrogens is 3. The first-order valence-electron chi connectivity index (χ1n) is 8.90. The summed E-state index contributed by atoms with van der Waals surface area (Å²) in [5.74, 6) is -0.994. The Labute approximate surface area is 181 Å². The molecule has 0 unspecified atom stereocenters. The molecule has 1 heterocycles. The fourth-order valence-electron chi connectivity index (χ4n) is 2.85. The third-order valence-corrected chi connectivity index (χ3v) is 4.80. The molecular formula is C21H15ClFN5OS. The average molecular weight is 440 g/mol. The largest absolute Gasteiger partial charge is 0.332 e. The average Bonchev–Trinajstić information content (AvgIpc) is 3.11. The van der Waals surface area contributed by atoms with Crippen LogP contribution < -0.4 is 10.6 Å². The molecule has 0 saturated carbocycles. The zero-order valence-corrected chi connectivity index (χ0v) is 17.3. The van der Waals surface area contributed by atoms with Crippen LogP contribution in [-0.4, -0.2) is 26.0 Å². The third-order valence-electron chi connectivity index (χ3n) is 4.35. The van der Waals surface area contributed by atoms with Gasteiger partial charge in [-0.05, 0) is 79.3 Å². The van der Waals surface area contributed by atoms with Gasteiger partial charge >= 0.3 is 0 Å². The number of rotatable bonds is 3. The quantitative estimate of drug-likeness (QED) is 0.455. The third kappa shape index (κ3) is 4.29. The lowest BCUT2D eigenvalue weighted by atomic mass is 10.2. The van der Waals surface area contributed by atoms with Gasteiger partial charge in [0.05, 0.1) is 5.69 Å². The van der Waals surface area contributed by atoms with Gasteiger partial charge in [-0.15, -0.1) is 10.2 Å². The molecule has 6 nitrogen and oxygen atoms in total. The van der Waals surface area contributed by atoms with Gasteiger partial charge in [-0.25, -0.2) is 4.39 Å². The fraction of sp³-hybridized carbons (Fsp3) is 0.0476. The van der Waals surface area contributed by atoms with Crippen molar-refractivity contribution in [2.24, 2.45) is 0 Å². The molecule has 4 rings (SSSR count). The Hall–Kier alpha value is -3.36. The number of fused-ring (bicyclic) bond motifs is 1. The lowest BCUT2D eigenvalue weighted by Gasteiger charge is -2.11. The minimum atomic E-state index is -0.501. The highest BCUT2D eigenvalue weighted by Gasteiger charge is 2.12. The topological polar surface area (TPSA) is 71.8 Å². The van der Waals surface area contributed by atoms with E-state index in [2.05, 4.69) is 20.8 Å². The number of thiocarbonyl (C=S) groups is 1. The summed E-state index contributed by atoms with van der Waals surface area (Å²) >= 11 is 11.2. The second-order valence-electron chi connectivity index (χ2n) is 6.54. The number of amides is 1. The first kappa shape index (κ1) is 19.9. The van der Waals surface area contributed by atoms with Crippen molar-refractivity contribution in [1.29, 1.82) is 0 Å². The van der Waals surface area contributed by atoms with Crippen LogP contribution in [0, 0.1) is 12.7 Å². The normalized spacial score (nSPS) is 10.8. The van der Waals surface area contributed by atoms with Crippen molar-refractivity contribution < 1.29 is 9.18 Å². The number of nitrogens with zero attached hydrogens (tertiary/aromatic N) is 3. The molecule has 0 spiro atoms. The van der Waals surface area contributed by atoms with Crippen molar-refractivity contribution in [3.8, 4) is 5.69 Å². The van der Waals surface area contributed by atoms with Crippen LogP contribution in [0.1, 0.15) is 15.9 Å². The van der Waals surface area contributed by atoms with E-state index in [-0.39, 0.29) is 10.7 Å². The highest BCUT2D eigenvalue weighted by atomic mass is 35.5. The molecule has 0 saturated heterocycles. The molecular weight excluding hydrogens is 425 g/mol. The maximum Gasteiger partial charge on any atom is 0.257 e. The molecule has 150 valence electrons. The second-order valence-corrected chi connectivity index (χ2v) is 7.38. The highest BCUT2D eigenvalue weighted by molar-refractivity contribution is 7.80. The minimum Gasteiger partial charge on any atom is -0.332 e. The van der Waals surface area contributed by atoms with E-state index in [0.717, 1.165) is 17.3 Å². The SMILES string of the molecule is Cc1cc2nn(-c3ccc(Cl)cc3)nc2cc1NC(=S)NC(=O)c1cccc(F)c1. The Morgan fingerprint density at radius 3 is 2.47 bits per heavy atom. The van der Waals surface area contributed by atoms with E-state index in [4.69, 9.17) is 23.8 Å². The lowest BCUT2D eigenvalue weighted by molar-refractivity contribution is 0.0977. The molecule has 1 aromatic heterocycles. The number of hydrogen-bond donors (Lipinski definition) is 2. The van der Waals surface area contributed by atoms with Gasteiger partial charge in [-0.1, -0.05) is 17.7 Å². The Bertz CT molecular complexity index is 1270. The predicted molar refractivity (Wildman–Crippen MR) is 119 cm³/mol. The van der Waals surface area contributed by atoms with Crippen LogP contribution in [-0.2, 0) is 0 Å². The number of anilines is 1. The molecule has 4 aromatic rings. The standard InChI is InChI=1S/C21H15ClFN5OS/c1-12-9-18-19(27-28(26-18)16-7-5-14(22)6-8-16)11-17(12)24-21(30)25-20(29)13-3-2-4-15(23)10-13/h2-11H,1H3,(H2,24,25,29,30). The van der Waals surface area contributed by atoms with E-state index in [1.54, 1.807) is 18.2 Å². The molecule has 2 N–H and O–H groups in total.